The highest BCUT2D eigenvalue weighted by Crippen LogP contribution is 2.35. The Kier molecular flexibility index (Phi) is 6.74. The number of hydrogen-bond donors (Lipinski definition) is 1. The minimum absolute atomic E-state index is 0.194. The molecule has 7 nitrogen and oxygen atoms in total. The number of sulfone groups is 1. The predicted octanol–water partition coefficient (Wildman–Crippen LogP) is 4.76. The summed E-state index contributed by atoms with van der Waals surface area (Å²) in [5.74, 6) is 1.30. The molecule has 0 bridgehead atoms. The average Bonchev–Trinajstić information content (AvgIpc) is 3.32. The van der Waals surface area contributed by atoms with Crippen LogP contribution in [0.3, 0.4) is 0 Å². The number of aromatic nitrogens is 2. The molecule has 1 aromatic heterocycles. The third-order valence-corrected chi connectivity index (χ3v) is 6.32. The van der Waals surface area contributed by atoms with Crippen molar-refractivity contribution in [3.8, 4) is 11.6 Å². The molecule has 8 heteroatoms. The molecule has 0 spiro atoms. The summed E-state index contributed by atoms with van der Waals surface area (Å²) in [6.07, 6.45) is 8.35. The number of rotatable bonds is 7. The lowest BCUT2D eigenvalue weighted by atomic mass is 10.1. The molecule has 1 fully saturated rings. The zero-order valence-corrected chi connectivity index (χ0v) is 19.5. The van der Waals surface area contributed by atoms with Gasteiger partial charge < -0.3 is 10.1 Å². The lowest BCUT2D eigenvalue weighted by molar-refractivity contribution is 0.0943. The van der Waals surface area contributed by atoms with E-state index in [1.54, 1.807) is 6.92 Å². The van der Waals surface area contributed by atoms with Gasteiger partial charge in [0, 0.05) is 35.2 Å². The van der Waals surface area contributed by atoms with Crippen LogP contribution in [-0.4, -0.2) is 36.6 Å². The van der Waals surface area contributed by atoms with E-state index in [0.717, 1.165) is 48.1 Å². The Morgan fingerprint density at radius 3 is 2.64 bits per heavy atom. The lowest BCUT2D eigenvalue weighted by Crippen LogP contribution is -2.31. The van der Waals surface area contributed by atoms with E-state index in [0.29, 0.717) is 11.6 Å². The Morgan fingerprint density at radius 2 is 1.88 bits per heavy atom. The molecule has 1 unspecified atom stereocenters. The Labute approximate surface area is 193 Å². The number of nitrogens with one attached hydrogen (secondary N) is 1. The van der Waals surface area contributed by atoms with Gasteiger partial charge in [-0.3, -0.25) is 4.79 Å². The summed E-state index contributed by atoms with van der Waals surface area (Å²) in [4.78, 5) is 22.2. The maximum Gasteiger partial charge on any atom is 0.258 e. The molecule has 1 amide bonds. The summed E-state index contributed by atoms with van der Waals surface area (Å²) < 4.78 is 29.0. The van der Waals surface area contributed by atoms with Gasteiger partial charge in [-0.15, -0.1) is 0 Å². The van der Waals surface area contributed by atoms with Crippen LogP contribution in [0.25, 0.3) is 10.8 Å². The van der Waals surface area contributed by atoms with Crippen LogP contribution in [-0.2, 0) is 9.84 Å². The van der Waals surface area contributed by atoms with Gasteiger partial charge in [0.05, 0.1) is 0 Å². The van der Waals surface area contributed by atoms with Crippen molar-refractivity contribution in [3.63, 3.8) is 0 Å². The van der Waals surface area contributed by atoms with Crippen LogP contribution >= 0.6 is 0 Å². The van der Waals surface area contributed by atoms with Gasteiger partial charge in [0.2, 0.25) is 5.88 Å². The minimum Gasteiger partial charge on any atom is -0.437 e. The summed E-state index contributed by atoms with van der Waals surface area (Å²) in [5, 5.41) is 5.78. The van der Waals surface area contributed by atoms with Crippen LogP contribution in [0.1, 0.15) is 54.7 Å². The molecule has 172 valence electrons. The second kappa shape index (κ2) is 9.70. The standard InChI is InChI=1S/C25H27N3O4S/c1-17(14-15-33(2,30)31)27-24(29)21-16-26-23(19-9-3-4-10-19)28-25(21)32-22-13-7-11-18-8-5-6-12-20(18)22/h5-8,11-17,19H,3-4,9-10H2,1-2H3,(H,27,29)/b15-14+. The summed E-state index contributed by atoms with van der Waals surface area (Å²) in [6.45, 7) is 1.69. The zero-order valence-electron chi connectivity index (χ0n) is 18.7. The van der Waals surface area contributed by atoms with Gasteiger partial charge in [0.1, 0.15) is 17.1 Å². The maximum absolute atomic E-state index is 13.0. The zero-order chi connectivity index (χ0) is 23.4. The van der Waals surface area contributed by atoms with Gasteiger partial charge in [-0.2, -0.15) is 4.98 Å². The van der Waals surface area contributed by atoms with Gasteiger partial charge in [-0.1, -0.05) is 55.3 Å². The van der Waals surface area contributed by atoms with Gasteiger partial charge in [-0.25, -0.2) is 13.4 Å². The third kappa shape index (κ3) is 5.76. The highest BCUT2D eigenvalue weighted by atomic mass is 32.2. The van der Waals surface area contributed by atoms with E-state index >= 15 is 0 Å². The van der Waals surface area contributed by atoms with Crippen LogP contribution in [0.5, 0.6) is 11.6 Å². The quantitative estimate of drug-likeness (QED) is 0.540. The number of benzene rings is 2. The highest BCUT2D eigenvalue weighted by molar-refractivity contribution is 7.93. The molecule has 0 radical (unpaired) electrons. The molecule has 0 saturated heterocycles. The first-order chi connectivity index (χ1) is 15.8. The van der Waals surface area contributed by atoms with E-state index < -0.39 is 21.8 Å². The van der Waals surface area contributed by atoms with Crippen molar-refractivity contribution in [2.24, 2.45) is 0 Å². The SMILES string of the molecule is CC(/C=C/S(C)(=O)=O)NC(=O)c1cnc(C2CCCC2)nc1Oc1cccc2ccccc12. The molecule has 1 atom stereocenters. The molecule has 2 aromatic carbocycles. The van der Waals surface area contributed by atoms with E-state index in [2.05, 4.69) is 15.3 Å². The van der Waals surface area contributed by atoms with Gasteiger partial charge >= 0.3 is 0 Å². The molecule has 4 rings (SSSR count). The Morgan fingerprint density at radius 1 is 1.15 bits per heavy atom. The average molecular weight is 466 g/mol. The smallest absolute Gasteiger partial charge is 0.258 e. The Balaban J connectivity index is 1.67. The second-order valence-corrected chi connectivity index (χ2v) is 10.4. The first-order valence-corrected chi connectivity index (χ1v) is 13.0. The van der Waals surface area contributed by atoms with Crippen molar-refractivity contribution in [2.75, 3.05) is 6.26 Å². The molecule has 0 aliphatic heterocycles. The summed E-state index contributed by atoms with van der Waals surface area (Å²) in [6, 6.07) is 13.1. The molecule has 1 aliphatic rings. The number of ether oxygens (including phenoxy) is 1. The fourth-order valence-electron chi connectivity index (χ4n) is 3.98. The summed E-state index contributed by atoms with van der Waals surface area (Å²) in [5.41, 5.74) is 0.198. The van der Waals surface area contributed by atoms with Crippen molar-refractivity contribution >= 4 is 26.5 Å². The predicted molar refractivity (Wildman–Crippen MR) is 128 cm³/mol. The van der Waals surface area contributed by atoms with Crippen LogP contribution < -0.4 is 10.1 Å². The largest absolute Gasteiger partial charge is 0.437 e. The maximum atomic E-state index is 13.0. The van der Waals surface area contributed by atoms with Crippen molar-refractivity contribution < 1.29 is 17.9 Å². The fourth-order valence-corrected chi connectivity index (χ4v) is 4.50. The monoisotopic (exact) mass is 465 g/mol. The Bertz CT molecular complexity index is 1290. The van der Waals surface area contributed by atoms with E-state index in [1.165, 1.54) is 12.3 Å². The normalized spacial score (nSPS) is 15.7. The topological polar surface area (TPSA) is 98.2 Å². The number of carbonyl (C=O) groups excluding carboxylic acids is 1. The van der Waals surface area contributed by atoms with E-state index in [9.17, 15) is 13.2 Å². The van der Waals surface area contributed by atoms with Crippen LogP contribution in [0.15, 0.2) is 60.1 Å². The van der Waals surface area contributed by atoms with Crippen LogP contribution in [0.2, 0.25) is 0 Å². The lowest BCUT2D eigenvalue weighted by Gasteiger charge is -2.16. The van der Waals surface area contributed by atoms with E-state index in [4.69, 9.17) is 4.74 Å². The first-order valence-electron chi connectivity index (χ1n) is 11.0. The fraction of sp³-hybridized carbons (Fsp3) is 0.320. The van der Waals surface area contributed by atoms with Gasteiger partial charge in [-0.05, 0) is 31.2 Å². The molecule has 1 saturated carbocycles. The number of amides is 1. The molecular formula is C25H27N3O4S. The van der Waals surface area contributed by atoms with Crippen LogP contribution in [0.4, 0.5) is 0 Å². The molecule has 1 aliphatic carbocycles. The number of hydrogen-bond acceptors (Lipinski definition) is 6. The number of nitrogens with zero attached hydrogens (tertiary/aromatic N) is 2. The van der Waals surface area contributed by atoms with Gasteiger partial charge in [0.15, 0.2) is 9.84 Å². The van der Waals surface area contributed by atoms with Crippen molar-refractivity contribution in [2.45, 2.75) is 44.6 Å². The second-order valence-electron chi connectivity index (χ2n) is 8.43. The molecule has 1 heterocycles. The molecular weight excluding hydrogens is 438 g/mol. The molecule has 3 aromatic rings. The number of carbonyl (C=O) groups is 1. The molecule has 33 heavy (non-hydrogen) atoms. The van der Waals surface area contributed by atoms with Crippen molar-refractivity contribution in [3.05, 3.63) is 71.5 Å². The summed E-state index contributed by atoms with van der Waals surface area (Å²) in [7, 11) is -3.29. The van der Waals surface area contributed by atoms with Crippen LogP contribution in [0, 0.1) is 0 Å². The van der Waals surface area contributed by atoms with E-state index in [-0.39, 0.29) is 17.4 Å². The highest BCUT2D eigenvalue weighted by Gasteiger charge is 2.24. The molecule has 1 N–H and O–H groups in total. The third-order valence-electron chi connectivity index (χ3n) is 5.67. The van der Waals surface area contributed by atoms with E-state index in [1.807, 2.05) is 42.5 Å². The van der Waals surface area contributed by atoms with Crippen molar-refractivity contribution in [1.29, 1.82) is 0 Å². The summed E-state index contributed by atoms with van der Waals surface area (Å²) >= 11 is 0. The van der Waals surface area contributed by atoms with Crippen molar-refractivity contribution in [1.82, 2.24) is 15.3 Å². The first kappa shape index (κ1) is 22.9. The minimum atomic E-state index is -3.29. The number of fused-ring (bicyclic) bond motifs is 1. The van der Waals surface area contributed by atoms with Gasteiger partial charge in [0.25, 0.3) is 5.91 Å². The Hall–Kier alpha value is -3.26.